The minimum absolute atomic E-state index is 0.0753. The second kappa shape index (κ2) is 8.13. The van der Waals surface area contributed by atoms with Crippen molar-refractivity contribution < 1.29 is 40.4 Å². The van der Waals surface area contributed by atoms with Gasteiger partial charge in [0.1, 0.15) is 0 Å². The lowest BCUT2D eigenvalue weighted by Gasteiger charge is -2.56. The smallest absolute Gasteiger partial charge is 0.460 e. The number of carbonyl (C=O) groups is 1. The van der Waals surface area contributed by atoms with Crippen LogP contribution in [0.2, 0.25) is 0 Å². The van der Waals surface area contributed by atoms with E-state index in [2.05, 4.69) is 4.18 Å². The zero-order valence-corrected chi connectivity index (χ0v) is 19.8. The van der Waals surface area contributed by atoms with Crippen LogP contribution in [0.4, 0.5) is 8.78 Å². The van der Waals surface area contributed by atoms with Crippen LogP contribution in [0.15, 0.2) is 0 Å². The number of halogens is 2. The molecule has 7 nitrogen and oxygen atoms in total. The number of hydrogen-bond acceptors (Lipinski definition) is 7. The number of carbonyl (C=O) groups excluding carboxylic acids is 1. The van der Waals surface area contributed by atoms with Crippen LogP contribution in [0.1, 0.15) is 65.7 Å². The lowest BCUT2D eigenvalue weighted by atomic mass is 9.50. The highest BCUT2D eigenvalue weighted by molar-refractivity contribution is 7.88. The molecule has 4 bridgehead atoms. The highest BCUT2D eigenvalue weighted by atomic mass is 32.2. The first-order valence-corrected chi connectivity index (χ1v) is 12.9. The minimum Gasteiger partial charge on any atom is -0.460 e. The standard InChI is InChI=1S/C22H34F2O7S/c1-19(2,3)21(29-6-7-30-21)4-5-31-32(26,27)22(23,24)18(25)28-14-20-11-15-8-16(12-20)10-17(9-15)13-20/h15-17H,4-14H2,1-3H3. The lowest BCUT2D eigenvalue weighted by molar-refractivity contribution is -0.229. The second-order valence-electron chi connectivity index (χ2n) is 11.2. The molecule has 0 N–H and O–H groups in total. The van der Waals surface area contributed by atoms with Crippen molar-refractivity contribution in [2.24, 2.45) is 28.6 Å². The van der Waals surface area contributed by atoms with Gasteiger partial charge in [0.15, 0.2) is 5.79 Å². The summed E-state index contributed by atoms with van der Waals surface area (Å²) < 4.78 is 74.2. The Kier molecular flexibility index (Phi) is 6.17. The third kappa shape index (κ3) is 4.32. The fourth-order valence-corrected chi connectivity index (χ4v) is 7.35. The summed E-state index contributed by atoms with van der Waals surface area (Å²) >= 11 is 0. The van der Waals surface area contributed by atoms with E-state index >= 15 is 0 Å². The quantitative estimate of drug-likeness (QED) is 0.385. The van der Waals surface area contributed by atoms with Gasteiger partial charge >= 0.3 is 21.3 Å². The van der Waals surface area contributed by atoms with E-state index in [1.165, 1.54) is 0 Å². The zero-order valence-electron chi connectivity index (χ0n) is 19.0. The Labute approximate surface area is 188 Å². The molecule has 5 rings (SSSR count). The molecule has 32 heavy (non-hydrogen) atoms. The molecule has 1 heterocycles. The second-order valence-corrected chi connectivity index (χ2v) is 12.9. The van der Waals surface area contributed by atoms with Crippen LogP contribution in [0.3, 0.4) is 0 Å². The van der Waals surface area contributed by atoms with Gasteiger partial charge in [-0.25, -0.2) is 4.79 Å². The van der Waals surface area contributed by atoms with Crippen LogP contribution in [-0.2, 0) is 33.3 Å². The van der Waals surface area contributed by atoms with Gasteiger partial charge in [-0.2, -0.15) is 17.2 Å². The molecule has 0 unspecified atom stereocenters. The molecule has 0 aromatic carbocycles. The summed E-state index contributed by atoms with van der Waals surface area (Å²) in [4.78, 5) is 12.2. The summed E-state index contributed by atoms with van der Waals surface area (Å²) in [7, 11) is -5.52. The summed E-state index contributed by atoms with van der Waals surface area (Å²) in [5.41, 5.74) is -0.822. The predicted octanol–water partition coefficient (Wildman–Crippen LogP) is 3.86. The number of alkyl halides is 2. The van der Waals surface area contributed by atoms with Crippen molar-refractivity contribution in [3.63, 3.8) is 0 Å². The van der Waals surface area contributed by atoms with Gasteiger partial charge in [0, 0.05) is 17.3 Å². The normalized spacial score (nSPS) is 34.1. The number of ether oxygens (including phenoxy) is 3. The predicted molar refractivity (Wildman–Crippen MR) is 110 cm³/mol. The Morgan fingerprint density at radius 3 is 1.97 bits per heavy atom. The Morgan fingerprint density at radius 1 is 1.00 bits per heavy atom. The van der Waals surface area contributed by atoms with Crippen LogP contribution in [-0.4, -0.2) is 51.9 Å². The highest BCUT2D eigenvalue weighted by Gasteiger charge is 2.58. The Morgan fingerprint density at radius 2 is 1.50 bits per heavy atom. The number of hydrogen-bond donors (Lipinski definition) is 0. The molecule has 0 amide bonds. The van der Waals surface area contributed by atoms with Crippen molar-refractivity contribution in [2.75, 3.05) is 26.4 Å². The monoisotopic (exact) mass is 480 g/mol. The van der Waals surface area contributed by atoms with Crippen molar-refractivity contribution in [3.05, 3.63) is 0 Å². The molecule has 1 saturated heterocycles. The third-order valence-electron chi connectivity index (χ3n) is 7.79. The molecule has 0 atom stereocenters. The summed E-state index contributed by atoms with van der Waals surface area (Å²) in [5, 5.41) is -4.78. The Hall–Kier alpha value is -0.840. The van der Waals surface area contributed by atoms with Crippen LogP contribution in [0, 0.1) is 28.6 Å². The molecular weight excluding hydrogens is 446 g/mol. The molecule has 0 aromatic rings. The van der Waals surface area contributed by atoms with Gasteiger partial charge < -0.3 is 14.2 Å². The van der Waals surface area contributed by atoms with Crippen molar-refractivity contribution in [3.8, 4) is 0 Å². The fraction of sp³-hybridized carbons (Fsp3) is 0.955. The van der Waals surface area contributed by atoms with E-state index < -0.39 is 39.2 Å². The topological polar surface area (TPSA) is 88.1 Å². The average Bonchev–Trinajstić information content (AvgIpc) is 3.15. The molecule has 0 spiro atoms. The molecule has 0 aromatic heterocycles. The summed E-state index contributed by atoms with van der Waals surface area (Å²) in [6.07, 6.45) is 5.98. The first-order chi connectivity index (χ1) is 14.8. The van der Waals surface area contributed by atoms with Crippen molar-refractivity contribution in [1.82, 2.24) is 0 Å². The molecule has 4 saturated carbocycles. The van der Waals surface area contributed by atoms with Gasteiger partial charge in [0.25, 0.3) is 0 Å². The summed E-state index contributed by atoms with van der Waals surface area (Å²) in [5.74, 6) is -1.53. The first kappa shape index (κ1) is 24.3. The SMILES string of the molecule is CC(C)(C)C1(CCOS(=O)(=O)C(F)(F)C(=O)OCC23CC4CC(CC(C4)C2)C3)OCCO1. The minimum atomic E-state index is -5.52. The molecule has 5 fully saturated rings. The maximum absolute atomic E-state index is 14.5. The van der Waals surface area contributed by atoms with E-state index in [0.717, 1.165) is 38.5 Å². The fourth-order valence-electron chi connectivity index (χ4n) is 6.64. The summed E-state index contributed by atoms with van der Waals surface area (Å²) in [6, 6.07) is 0. The van der Waals surface area contributed by atoms with Crippen LogP contribution in [0.5, 0.6) is 0 Å². The maximum atomic E-state index is 14.5. The molecule has 184 valence electrons. The van der Waals surface area contributed by atoms with Gasteiger partial charge in [0.05, 0.1) is 26.4 Å². The van der Waals surface area contributed by atoms with Gasteiger partial charge in [-0.1, -0.05) is 20.8 Å². The van der Waals surface area contributed by atoms with E-state index in [1.807, 2.05) is 20.8 Å². The largest absolute Gasteiger partial charge is 0.466 e. The van der Waals surface area contributed by atoms with Gasteiger partial charge in [-0.05, 0) is 56.3 Å². The van der Waals surface area contributed by atoms with Gasteiger partial charge in [0.2, 0.25) is 0 Å². The summed E-state index contributed by atoms with van der Waals surface area (Å²) in [6.45, 7) is 5.39. The molecule has 10 heteroatoms. The van der Waals surface area contributed by atoms with Gasteiger partial charge in [-0.15, -0.1) is 0 Å². The van der Waals surface area contributed by atoms with E-state index in [9.17, 15) is 22.0 Å². The van der Waals surface area contributed by atoms with Crippen molar-refractivity contribution in [2.45, 2.75) is 76.8 Å². The average molecular weight is 481 g/mol. The van der Waals surface area contributed by atoms with Crippen LogP contribution >= 0.6 is 0 Å². The maximum Gasteiger partial charge on any atom is 0.466 e. The van der Waals surface area contributed by atoms with E-state index in [4.69, 9.17) is 14.2 Å². The molecule has 5 aliphatic rings. The number of esters is 1. The van der Waals surface area contributed by atoms with E-state index in [-0.39, 0.29) is 18.4 Å². The number of rotatable bonds is 8. The molecule has 1 aliphatic heterocycles. The van der Waals surface area contributed by atoms with E-state index in [1.54, 1.807) is 0 Å². The molecule has 4 aliphatic carbocycles. The molecule has 0 radical (unpaired) electrons. The molecular formula is C22H34F2O7S. The first-order valence-electron chi connectivity index (χ1n) is 11.5. The van der Waals surface area contributed by atoms with Crippen LogP contribution < -0.4 is 0 Å². The Bertz CT molecular complexity index is 792. The van der Waals surface area contributed by atoms with Crippen molar-refractivity contribution >= 4 is 16.1 Å². The highest BCUT2D eigenvalue weighted by Crippen LogP contribution is 2.60. The van der Waals surface area contributed by atoms with E-state index in [0.29, 0.717) is 31.0 Å². The lowest BCUT2D eigenvalue weighted by Crippen LogP contribution is -2.50. The zero-order chi connectivity index (χ0) is 23.4. The van der Waals surface area contributed by atoms with Crippen molar-refractivity contribution in [1.29, 1.82) is 0 Å². The van der Waals surface area contributed by atoms with Crippen LogP contribution in [0.25, 0.3) is 0 Å². The Balaban J connectivity index is 1.34. The van der Waals surface area contributed by atoms with Gasteiger partial charge in [-0.3, -0.25) is 4.18 Å². The third-order valence-corrected chi connectivity index (χ3v) is 9.06.